The van der Waals surface area contributed by atoms with Gasteiger partial charge in [-0.2, -0.15) is 0 Å². The lowest BCUT2D eigenvalue weighted by atomic mass is 9.49. The Hall–Kier alpha value is -1.43. The second-order valence-electron chi connectivity index (χ2n) is 10.3. The van der Waals surface area contributed by atoms with Crippen LogP contribution in [0.3, 0.4) is 0 Å². The second-order valence-corrected chi connectivity index (χ2v) is 10.3. The number of fused-ring (bicyclic) bond motifs is 5. The summed E-state index contributed by atoms with van der Waals surface area (Å²) in [4.78, 5) is 31.5. The van der Waals surface area contributed by atoms with Crippen molar-refractivity contribution < 1.29 is 14.4 Å². The number of piperidine rings is 1. The average Bonchev–Trinajstić information content (AvgIpc) is 3.29. The van der Waals surface area contributed by atoms with Gasteiger partial charge in [-0.1, -0.05) is 19.0 Å². The number of rotatable bonds is 2. The van der Waals surface area contributed by atoms with Gasteiger partial charge in [0.2, 0.25) is 5.91 Å². The fraction of sp³-hybridized carbons (Fsp3) is 0.864. The molecule has 6 nitrogen and oxygen atoms in total. The third-order valence-electron chi connectivity index (χ3n) is 8.98. The molecule has 6 heteroatoms. The maximum atomic E-state index is 13.2. The standard InChI is InChI=1S/C22H33N3O3/c1-21-8-5-13(25-28-14-7-10-23-12-14)11-17(21)24-20(27)19-15-3-4-18(26)22(15,2)9-6-16(19)21/h14-17,19,23H,3-12H2,1-2H3,(H,24,27)/t14-,15+,16+,17+,19+,21-,22+/m1/s1. The summed E-state index contributed by atoms with van der Waals surface area (Å²) in [6.45, 7) is 6.35. The molecule has 2 heterocycles. The van der Waals surface area contributed by atoms with Gasteiger partial charge in [0, 0.05) is 43.2 Å². The number of nitrogens with zero attached hydrogens (tertiary/aromatic N) is 1. The van der Waals surface area contributed by atoms with E-state index in [1.54, 1.807) is 0 Å². The monoisotopic (exact) mass is 387 g/mol. The zero-order chi connectivity index (χ0) is 19.5. The minimum absolute atomic E-state index is 0.00533. The molecule has 5 fully saturated rings. The Morgan fingerprint density at radius 2 is 1.93 bits per heavy atom. The van der Waals surface area contributed by atoms with Crippen LogP contribution in [-0.2, 0) is 14.4 Å². The van der Waals surface area contributed by atoms with E-state index in [2.05, 4.69) is 29.6 Å². The molecular formula is C22H33N3O3. The Morgan fingerprint density at radius 1 is 1.07 bits per heavy atom. The van der Waals surface area contributed by atoms with E-state index in [-0.39, 0.29) is 40.7 Å². The van der Waals surface area contributed by atoms with Crippen LogP contribution in [0.4, 0.5) is 0 Å². The van der Waals surface area contributed by atoms with Gasteiger partial charge in [0.25, 0.3) is 0 Å². The lowest BCUT2D eigenvalue weighted by Crippen LogP contribution is -2.65. The van der Waals surface area contributed by atoms with E-state index < -0.39 is 0 Å². The molecule has 5 aliphatic rings. The molecule has 0 aromatic heterocycles. The Bertz CT molecular complexity index is 716. The third-order valence-corrected chi connectivity index (χ3v) is 8.98. The van der Waals surface area contributed by atoms with Crippen molar-refractivity contribution in [3.63, 3.8) is 0 Å². The first-order valence-electron chi connectivity index (χ1n) is 11.2. The van der Waals surface area contributed by atoms with Crippen molar-refractivity contribution in [2.24, 2.45) is 33.7 Å². The first kappa shape index (κ1) is 18.6. The molecule has 5 rings (SSSR count). The van der Waals surface area contributed by atoms with Gasteiger partial charge in [-0.25, -0.2) is 0 Å². The number of oxime groups is 1. The zero-order valence-electron chi connectivity index (χ0n) is 17.1. The zero-order valence-corrected chi connectivity index (χ0v) is 17.1. The van der Waals surface area contributed by atoms with Crippen molar-refractivity contribution in [2.45, 2.75) is 77.4 Å². The van der Waals surface area contributed by atoms with Gasteiger partial charge >= 0.3 is 0 Å². The van der Waals surface area contributed by atoms with Crippen molar-refractivity contribution in [1.29, 1.82) is 0 Å². The molecular weight excluding hydrogens is 354 g/mol. The number of Topliss-reactive ketones (excluding diaryl/α,β-unsaturated/α-hetero) is 1. The van der Waals surface area contributed by atoms with Crippen molar-refractivity contribution >= 4 is 17.4 Å². The number of hydrogen-bond acceptors (Lipinski definition) is 5. The molecule has 3 saturated carbocycles. The van der Waals surface area contributed by atoms with Crippen molar-refractivity contribution in [2.75, 3.05) is 13.1 Å². The molecule has 2 aliphatic heterocycles. The lowest BCUT2D eigenvalue weighted by Gasteiger charge is -2.58. The van der Waals surface area contributed by atoms with E-state index in [0.717, 1.165) is 63.7 Å². The number of amides is 1. The normalized spacial score (nSPS) is 49.4. The molecule has 0 bridgehead atoms. The van der Waals surface area contributed by atoms with Crippen molar-refractivity contribution in [1.82, 2.24) is 10.6 Å². The van der Waals surface area contributed by atoms with Crippen molar-refractivity contribution in [3.05, 3.63) is 0 Å². The van der Waals surface area contributed by atoms with Crippen LogP contribution >= 0.6 is 0 Å². The molecule has 7 atom stereocenters. The topological polar surface area (TPSA) is 79.8 Å². The van der Waals surface area contributed by atoms with E-state index >= 15 is 0 Å². The van der Waals surface area contributed by atoms with E-state index in [1.165, 1.54) is 0 Å². The Labute approximate surface area is 167 Å². The number of hydrogen-bond donors (Lipinski definition) is 2. The molecule has 0 radical (unpaired) electrons. The summed E-state index contributed by atoms with van der Waals surface area (Å²) in [7, 11) is 0. The molecule has 0 aromatic rings. The number of nitrogens with one attached hydrogen (secondary N) is 2. The molecule has 0 aromatic carbocycles. The first-order chi connectivity index (χ1) is 13.4. The lowest BCUT2D eigenvalue weighted by molar-refractivity contribution is -0.153. The fourth-order valence-corrected chi connectivity index (χ4v) is 7.06. The Morgan fingerprint density at radius 3 is 2.71 bits per heavy atom. The fourth-order valence-electron chi connectivity index (χ4n) is 7.06. The van der Waals surface area contributed by atoms with Crippen LogP contribution in [-0.4, -0.2) is 42.6 Å². The Kier molecular flexibility index (Phi) is 4.34. The van der Waals surface area contributed by atoms with Crippen LogP contribution in [0.1, 0.15) is 65.2 Å². The SMILES string of the molecule is C[C@]12CCC(=NO[C@@H]3CCNC3)C[C@@H]1NC(=O)[C@@H]1[C@@H]2CC[C@]2(C)C(=O)CC[C@@H]12. The quantitative estimate of drug-likeness (QED) is 0.713. The number of ketones is 1. The maximum absolute atomic E-state index is 13.2. The summed E-state index contributed by atoms with van der Waals surface area (Å²) in [6, 6.07) is 0.139. The predicted molar refractivity (Wildman–Crippen MR) is 106 cm³/mol. The molecule has 3 aliphatic carbocycles. The van der Waals surface area contributed by atoms with Gasteiger partial charge in [-0.15, -0.1) is 0 Å². The van der Waals surface area contributed by atoms with Crippen LogP contribution in [0, 0.1) is 28.6 Å². The van der Waals surface area contributed by atoms with Gasteiger partial charge in [-0.3, -0.25) is 9.59 Å². The molecule has 0 unspecified atom stereocenters. The molecule has 1 amide bonds. The summed E-state index contributed by atoms with van der Waals surface area (Å²) < 4.78 is 0. The largest absolute Gasteiger partial charge is 0.391 e. The van der Waals surface area contributed by atoms with E-state index in [1.807, 2.05) is 0 Å². The summed E-state index contributed by atoms with van der Waals surface area (Å²) >= 11 is 0. The average molecular weight is 388 g/mol. The van der Waals surface area contributed by atoms with Gasteiger partial charge in [0.15, 0.2) is 0 Å². The summed E-state index contributed by atoms with van der Waals surface area (Å²) in [5, 5.41) is 11.1. The van der Waals surface area contributed by atoms with Crippen molar-refractivity contribution in [3.8, 4) is 0 Å². The van der Waals surface area contributed by atoms with Gasteiger partial charge in [0.1, 0.15) is 11.9 Å². The minimum Gasteiger partial charge on any atom is -0.391 e. The summed E-state index contributed by atoms with van der Waals surface area (Å²) in [5.74, 6) is 1.18. The highest BCUT2D eigenvalue weighted by Crippen LogP contribution is 2.61. The van der Waals surface area contributed by atoms with E-state index in [9.17, 15) is 9.59 Å². The molecule has 2 N–H and O–H groups in total. The third kappa shape index (κ3) is 2.66. The highest BCUT2D eigenvalue weighted by atomic mass is 16.6. The molecule has 28 heavy (non-hydrogen) atoms. The van der Waals surface area contributed by atoms with Gasteiger partial charge < -0.3 is 15.5 Å². The smallest absolute Gasteiger partial charge is 0.223 e. The highest BCUT2D eigenvalue weighted by molar-refractivity contribution is 5.91. The maximum Gasteiger partial charge on any atom is 0.223 e. The van der Waals surface area contributed by atoms with Crippen LogP contribution in [0.15, 0.2) is 5.16 Å². The van der Waals surface area contributed by atoms with Crippen LogP contribution in [0.5, 0.6) is 0 Å². The molecule has 154 valence electrons. The van der Waals surface area contributed by atoms with Crippen LogP contribution in [0.2, 0.25) is 0 Å². The van der Waals surface area contributed by atoms with Gasteiger partial charge in [0.05, 0.1) is 5.71 Å². The number of carbonyl (C=O) groups excluding carboxylic acids is 2. The summed E-state index contributed by atoms with van der Waals surface area (Å²) in [6.07, 6.45) is 7.48. The molecule has 0 spiro atoms. The van der Waals surface area contributed by atoms with E-state index in [4.69, 9.17) is 4.84 Å². The number of carbonyl (C=O) groups is 2. The minimum atomic E-state index is -0.272. The van der Waals surface area contributed by atoms with E-state index in [0.29, 0.717) is 18.1 Å². The highest BCUT2D eigenvalue weighted by Gasteiger charge is 2.62. The second kappa shape index (κ2) is 6.54. The predicted octanol–water partition coefficient (Wildman–Crippen LogP) is 2.42. The van der Waals surface area contributed by atoms with Gasteiger partial charge in [-0.05, 0) is 55.9 Å². The molecule has 2 saturated heterocycles. The first-order valence-corrected chi connectivity index (χ1v) is 11.2. The summed E-state index contributed by atoms with van der Waals surface area (Å²) in [5.41, 5.74) is 0.913. The van der Waals surface area contributed by atoms with Crippen LogP contribution < -0.4 is 10.6 Å². The van der Waals surface area contributed by atoms with Crippen LogP contribution in [0.25, 0.3) is 0 Å². The Balaban J connectivity index is 1.35.